The fourth-order valence-corrected chi connectivity index (χ4v) is 4.50. The van der Waals surface area contributed by atoms with E-state index in [1.807, 2.05) is 30.3 Å². The van der Waals surface area contributed by atoms with Gasteiger partial charge in [-0.25, -0.2) is 4.79 Å². The van der Waals surface area contributed by atoms with Crippen LogP contribution in [0.15, 0.2) is 39.9 Å². The van der Waals surface area contributed by atoms with E-state index in [9.17, 15) is 9.59 Å². The molecule has 0 saturated heterocycles. The van der Waals surface area contributed by atoms with Crippen LogP contribution in [0, 0.1) is 0 Å². The van der Waals surface area contributed by atoms with Crippen molar-refractivity contribution in [2.45, 2.75) is 76.9 Å². The minimum atomic E-state index is -1.22. The van der Waals surface area contributed by atoms with E-state index in [0.29, 0.717) is 13.2 Å². The summed E-state index contributed by atoms with van der Waals surface area (Å²) in [4.78, 5) is 25.2. The molecule has 1 N–H and O–H groups in total. The Morgan fingerprint density at radius 2 is 1.84 bits per heavy atom. The summed E-state index contributed by atoms with van der Waals surface area (Å²) in [5.41, 5.74) is 0.213. The lowest BCUT2D eigenvalue weighted by Crippen LogP contribution is -2.45. The first-order valence-electron chi connectivity index (χ1n) is 11.4. The Balaban J connectivity index is 1.69. The summed E-state index contributed by atoms with van der Waals surface area (Å²) in [6.07, 6.45) is 3.93. The van der Waals surface area contributed by atoms with Gasteiger partial charge in [0.15, 0.2) is 0 Å². The molecule has 9 heteroatoms. The second-order valence-electron chi connectivity index (χ2n) is 9.71. The summed E-state index contributed by atoms with van der Waals surface area (Å²) in [6, 6.07) is 11.0. The maximum atomic E-state index is 12.7. The molecule has 8 nitrogen and oxygen atoms in total. The predicted molar refractivity (Wildman–Crippen MR) is 129 cm³/mol. The summed E-state index contributed by atoms with van der Waals surface area (Å²) in [5.74, 6) is 0.168. The lowest BCUT2D eigenvalue weighted by atomic mass is 9.92. The second kappa shape index (κ2) is 11.1. The molecule has 1 aliphatic carbocycles. The van der Waals surface area contributed by atoms with Gasteiger partial charge >= 0.3 is 5.69 Å². The molecule has 0 unspecified atom stereocenters. The van der Waals surface area contributed by atoms with Crippen LogP contribution >= 0.6 is 0 Å². The van der Waals surface area contributed by atoms with Gasteiger partial charge in [0, 0.05) is 21.7 Å². The molecule has 1 saturated carbocycles. The number of nitrogens with one attached hydrogen (secondary N) is 1. The summed E-state index contributed by atoms with van der Waals surface area (Å²) in [6.45, 7) is 7.96. The second-order valence-corrected chi connectivity index (χ2v) is 15.3. The topological polar surface area (TPSA) is 87.4 Å². The smallest absolute Gasteiger partial charge is 0.349 e. The molecular formula is C23H36N4O4Si. The lowest BCUT2D eigenvalue weighted by molar-refractivity contribution is 0.00860. The molecule has 32 heavy (non-hydrogen) atoms. The first-order chi connectivity index (χ1) is 15.2. The average Bonchev–Trinajstić information content (AvgIpc) is 2.77. The van der Waals surface area contributed by atoms with Gasteiger partial charge < -0.3 is 14.8 Å². The van der Waals surface area contributed by atoms with E-state index in [1.54, 1.807) is 0 Å². The summed E-state index contributed by atoms with van der Waals surface area (Å²) < 4.78 is 14.2. The Morgan fingerprint density at radius 1 is 1.12 bits per heavy atom. The third-order valence-corrected chi connectivity index (χ3v) is 7.48. The third kappa shape index (κ3) is 6.88. The van der Waals surface area contributed by atoms with Gasteiger partial charge in [0.1, 0.15) is 6.73 Å². The van der Waals surface area contributed by atoms with Gasteiger partial charge in [-0.3, -0.25) is 9.36 Å². The van der Waals surface area contributed by atoms with Crippen LogP contribution < -0.4 is 16.6 Å². The van der Waals surface area contributed by atoms with Crippen LogP contribution in [-0.2, 0) is 29.9 Å². The molecule has 0 radical (unpaired) electrons. The summed E-state index contributed by atoms with van der Waals surface area (Å²) in [5, 5.41) is 7.58. The van der Waals surface area contributed by atoms with E-state index >= 15 is 0 Å². The molecule has 1 aromatic heterocycles. The van der Waals surface area contributed by atoms with Crippen molar-refractivity contribution in [2.24, 2.45) is 7.05 Å². The SMILES string of the molecule is Cn1c(=O)c(N[C@@H]2CCCC[C@H]2OCc2ccccc2)nn(COCC[Si](C)(C)C)c1=O. The maximum absolute atomic E-state index is 12.7. The van der Waals surface area contributed by atoms with Crippen molar-refractivity contribution in [1.82, 2.24) is 14.3 Å². The Bertz CT molecular complexity index is 984. The highest BCUT2D eigenvalue weighted by Gasteiger charge is 2.27. The summed E-state index contributed by atoms with van der Waals surface area (Å²) >= 11 is 0. The van der Waals surface area contributed by atoms with Crippen LogP contribution in [0.5, 0.6) is 0 Å². The van der Waals surface area contributed by atoms with E-state index in [1.165, 1.54) is 11.7 Å². The number of hydrogen-bond donors (Lipinski definition) is 1. The molecule has 1 aliphatic rings. The minimum absolute atomic E-state index is 0.0242. The van der Waals surface area contributed by atoms with E-state index < -0.39 is 19.3 Å². The molecular weight excluding hydrogens is 424 g/mol. The fourth-order valence-electron chi connectivity index (χ4n) is 3.74. The van der Waals surface area contributed by atoms with Crippen molar-refractivity contribution in [3.8, 4) is 0 Å². The zero-order chi connectivity index (χ0) is 23.1. The van der Waals surface area contributed by atoms with E-state index in [-0.39, 0.29) is 24.7 Å². The molecule has 176 valence electrons. The molecule has 1 fully saturated rings. The Labute approximate surface area is 190 Å². The van der Waals surface area contributed by atoms with Crippen molar-refractivity contribution in [2.75, 3.05) is 11.9 Å². The molecule has 3 rings (SSSR count). The predicted octanol–water partition coefficient (Wildman–Crippen LogP) is 3.19. The van der Waals surface area contributed by atoms with Gasteiger partial charge in [0.25, 0.3) is 5.56 Å². The van der Waals surface area contributed by atoms with Gasteiger partial charge in [-0.2, -0.15) is 4.68 Å². The lowest BCUT2D eigenvalue weighted by Gasteiger charge is -2.32. The fraction of sp³-hybridized carbons (Fsp3) is 0.609. The monoisotopic (exact) mass is 460 g/mol. The number of rotatable bonds is 10. The normalized spacial score (nSPS) is 19.1. The zero-order valence-corrected chi connectivity index (χ0v) is 20.7. The quantitative estimate of drug-likeness (QED) is 0.433. The average molecular weight is 461 g/mol. The molecule has 0 amide bonds. The van der Waals surface area contributed by atoms with Gasteiger partial charge in [-0.15, -0.1) is 5.10 Å². The van der Waals surface area contributed by atoms with Crippen molar-refractivity contribution in [3.05, 3.63) is 56.7 Å². The third-order valence-electron chi connectivity index (χ3n) is 5.78. The Hall–Kier alpha value is -2.23. The summed E-state index contributed by atoms with van der Waals surface area (Å²) in [7, 11) is 0.249. The maximum Gasteiger partial charge on any atom is 0.349 e. The van der Waals surface area contributed by atoms with Crippen LogP contribution in [0.4, 0.5) is 5.82 Å². The Kier molecular flexibility index (Phi) is 8.44. The van der Waals surface area contributed by atoms with Crippen molar-refractivity contribution >= 4 is 13.9 Å². The largest absolute Gasteiger partial charge is 0.371 e. The van der Waals surface area contributed by atoms with Crippen LogP contribution in [-0.4, -0.2) is 41.2 Å². The molecule has 0 aliphatic heterocycles. The molecule has 0 spiro atoms. The van der Waals surface area contributed by atoms with E-state index in [4.69, 9.17) is 9.47 Å². The van der Waals surface area contributed by atoms with Crippen LogP contribution in [0.1, 0.15) is 31.2 Å². The van der Waals surface area contributed by atoms with Crippen LogP contribution in [0.3, 0.4) is 0 Å². The highest BCUT2D eigenvalue weighted by Crippen LogP contribution is 2.24. The highest BCUT2D eigenvalue weighted by molar-refractivity contribution is 6.76. The standard InChI is InChI=1S/C23H36N4O4Si/c1-26-22(28)21(25-27(23(26)29)17-30-14-15-32(2,3)4)24-19-12-8-9-13-20(19)31-16-18-10-6-5-7-11-18/h5-7,10-11,19-20H,8-9,12-17H2,1-4H3,(H,24,25)/t19-,20-/m1/s1. The molecule has 1 aromatic carbocycles. The first-order valence-corrected chi connectivity index (χ1v) is 15.1. The number of hydrogen-bond acceptors (Lipinski definition) is 6. The zero-order valence-electron chi connectivity index (χ0n) is 19.7. The number of nitrogens with zero attached hydrogens (tertiary/aromatic N) is 3. The van der Waals surface area contributed by atoms with Crippen LogP contribution in [0.25, 0.3) is 0 Å². The van der Waals surface area contributed by atoms with Crippen molar-refractivity contribution < 1.29 is 9.47 Å². The minimum Gasteiger partial charge on any atom is -0.371 e. The molecule has 1 heterocycles. The molecule has 2 aromatic rings. The van der Waals surface area contributed by atoms with Gasteiger partial charge in [0.05, 0.1) is 18.8 Å². The molecule has 2 atom stereocenters. The van der Waals surface area contributed by atoms with Crippen molar-refractivity contribution in [3.63, 3.8) is 0 Å². The Morgan fingerprint density at radius 3 is 2.56 bits per heavy atom. The molecule has 0 bridgehead atoms. The van der Waals surface area contributed by atoms with Crippen LogP contribution in [0.2, 0.25) is 25.7 Å². The van der Waals surface area contributed by atoms with Gasteiger partial charge in [-0.1, -0.05) is 62.8 Å². The number of anilines is 1. The number of benzene rings is 1. The first kappa shape index (κ1) is 24.4. The van der Waals surface area contributed by atoms with Gasteiger partial charge in [0.2, 0.25) is 5.82 Å². The highest BCUT2D eigenvalue weighted by atomic mass is 28.3. The van der Waals surface area contributed by atoms with Gasteiger partial charge in [-0.05, 0) is 24.4 Å². The van der Waals surface area contributed by atoms with Crippen molar-refractivity contribution in [1.29, 1.82) is 0 Å². The number of aromatic nitrogens is 3. The van der Waals surface area contributed by atoms with E-state index in [2.05, 4.69) is 30.1 Å². The number of ether oxygens (including phenoxy) is 2. The van der Waals surface area contributed by atoms with E-state index in [0.717, 1.165) is 41.9 Å².